The van der Waals surface area contributed by atoms with Crippen LogP contribution in [0.4, 0.5) is 5.00 Å². The van der Waals surface area contributed by atoms with Crippen LogP contribution in [0.5, 0.6) is 0 Å². The van der Waals surface area contributed by atoms with E-state index >= 15 is 0 Å². The number of hydrogen-bond donors (Lipinski definition) is 1. The van der Waals surface area contributed by atoms with E-state index in [1.807, 2.05) is 10.8 Å². The molecule has 2 aromatic rings. The van der Waals surface area contributed by atoms with Crippen molar-refractivity contribution in [1.29, 1.82) is 0 Å². The highest BCUT2D eigenvalue weighted by Gasteiger charge is 2.27. The van der Waals surface area contributed by atoms with E-state index in [2.05, 4.69) is 17.6 Å². The lowest BCUT2D eigenvalue weighted by Gasteiger charge is -2.13. The molecule has 0 aliphatic heterocycles. The van der Waals surface area contributed by atoms with Gasteiger partial charge in [0.15, 0.2) is 12.4 Å². The highest BCUT2D eigenvalue weighted by Crippen LogP contribution is 2.38. The second-order valence-electron chi connectivity index (χ2n) is 7.33. The number of esters is 1. The van der Waals surface area contributed by atoms with E-state index in [9.17, 15) is 9.59 Å². The number of pyridine rings is 1. The van der Waals surface area contributed by atoms with Gasteiger partial charge in [0, 0.05) is 16.5 Å². The van der Waals surface area contributed by atoms with Crippen LogP contribution in [0.15, 0.2) is 18.5 Å². The first-order chi connectivity index (χ1) is 13.2. The van der Waals surface area contributed by atoms with Gasteiger partial charge in [0.05, 0.1) is 12.7 Å². The number of hydrogen-bond acceptors (Lipinski definition) is 4. The molecule has 0 bridgehead atoms. The van der Waals surface area contributed by atoms with Crippen molar-refractivity contribution < 1.29 is 18.9 Å². The maximum atomic E-state index is 12.6. The first-order valence-corrected chi connectivity index (χ1v) is 10.5. The van der Waals surface area contributed by atoms with Gasteiger partial charge in [-0.1, -0.05) is 0 Å². The number of anilines is 1. The van der Waals surface area contributed by atoms with Crippen LogP contribution in [0, 0.1) is 0 Å². The summed E-state index contributed by atoms with van der Waals surface area (Å²) in [7, 11) is 1.39. The Balaban J connectivity index is 1.53. The molecule has 0 saturated carbocycles. The SMILES string of the molecule is COC(=O)c1c(NC(=O)C[n+]2ccc3c(c2)CCCC3)sc2c1CCCC2. The van der Waals surface area contributed by atoms with Crippen LogP contribution in [0.25, 0.3) is 0 Å². The molecule has 1 N–H and O–H groups in total. The van der Waals surface area contributed by atoms with E-state index in [4.69, 9.17) is 4.74 Å². The van der Waals surface area contributed by atoms with Crippen molar-refractivity contribution in [3.05, 3.63) is 45.6 Å². The predicted octanol–water partition coefficient (Wildman–Crippen LogP) is 3.22. The fraction of sp³-hybridized carbons (Fsp3) is 0.476. The minimum Gasteiger partial charge on any atom is -0.465 e. The third-order valence-corrected chi connectivity index (χ3v) is 6.69. The lowest BCUT2D eigenvalue weighted by atomic mass is 9.93. The standard InChI is InChI=1S/C21H24N2O3S/c1-26-21(25)19-16-8-4-5-9-17(16)27-20(19)22-18(24)13-23-11-10-14-6-2-3-7-15(14)12-23/h10-12H,2-9,13H2,1H3/p+1. The smallest absolute Gasteiger partial charge is 0.341 e. The Kier molecular flexibility index (Phi) is 5.25. The highest BCUT2D eigenvalue weighted by atomic mass is 32.1. The Bertz CT molecular complexity index is 888. The molecule has 0 aromatic carbocycles. The Labute approximate surface area is 163 Å². The lowest BCUT2D eigenvalue weighted by Crippen LogP contribution is -2.40. The third kappa shape index (κ3) is 3.76. The van der Waals surface area contributed by atoms with Crippen molar-refractivity contribution >= 4 is 28.2 Å². The van der Waals surface area contributed by atoms with Crippen molar-refractivity contribution in [2.24, 2.45) is 0 Å². The summed E-state index contributed by atoms with van der Waals surface area (Å²) in [6.07, 6.45) is 12.8. The molecule has 6 heteroatoms. The molecule has 0 spiro atoms. The molecule has 4 rings (SSSR count). The minimum atomic E-state index is -0.355. The number of rotatable bonds is 4. The van der Waals surface area contributed by atoms with E-state index < -0.39 is 0 Å². The molecule has 5 nitrogen and oxygen atoms in total. The topological polar surface area (TPSA) is 59.3 Å². The zero-order valence-corrected chi connectivity index (χ0v) is 16.5. The predicted molar refractivity (Wildman–Crippen MR) is 104 cm³/mol. The van der Waals surface area contributed by atoms with Crippen LogP contribution in [0.3, 0.4) is 0 Å². The molecular weight excluding hydrogens is 360 g/mol. The summed E-state index contributed by atoms with van der Waals surface area (Å²) in [5, 5.41) is 3.61. The van der Waals surface area contributed by atoms with Crippen molar-refractivity contribution in [2.75, 3.05) is 12.4 Å². The van der Waals surface area contributed by atoms with Gasteiger partial charge in [-0.3, -0.25) is 4.79 Å². The number of nitrogens with one attached hydrogen (secondary N) is 1. The first-order valence-electron chi connectivity index (χ1n) is 9.69. The van der Waals surface area contributed by atoms with Gasteiger partial charge >= 0.3 is 5.97 Å². The van der Waals surface area contributed by atoms with Gasteiger partial charge in [0.25, 0.3) is 5.91 Å². The molecule has 1 amide bonds. The van der Waals surface area contributed by atoms with Crippen LogP contribution in [-0.2, 0) is 41.8 Å². The number of aromatic nitrogens is 1. The van der Waals surface area contributed by atoms with E-state index in [-0.39, 0.29) is 18.4 Å². The summed E-state index contributed by atoms with van der Waals surface area (Å²) in [5.74, 6) is -0.467. The van der Waals surface area contributed by atoms with Crippen molar-refractivity contribution in [3.63, 3.8) is 0 Å². The number of nitrogens with zero attached hydrogens (tertiary/aromatic N) is 1. The second-order valence-corrected chi connectivity index (χ2v) is 8.43. The Hall–Kier alpha value is -2.21. The summed E-state index contributed by atoms with van der Waals surface area (Å²) in [6, 6.07) is 2.13. The molecule has 0 radical (unpaired) electrons. The summed E-state index contributed by atoms with van der Waals surface area (Å²) in [5.41, 5.74) is 4.37. The fourth-order valence-corrected chi connectivity index (χ4v) is 5.41. The number of ether oxygens (including phenoxy) is 1. The molecule has 0 atom stereocenters. The van der Waals surface area contributed by atoms with E-state index in [0.29, 0.717) is 10.6 Å². The summed E-state index contributed by atoms with van der Waals surface area (Å²) >= 11 is 1.53. The highest BCUT2D eigenvalue weighted by molar-refractivity contribution is 7.17. The summed E-state index contributed by atoms with van der Waals surface area (Å²) < 4.78 is 6.91. The molecule has 0 fully saturated rings. The lowest BCUT2D eigenvalue weighted by molar-refractivity contribution is -0.684. The van der Waals surface area contributed by atoms with Gasteiger partial charge in [-0.25, -0.2) is 4.79 Å². The van der Waals surface area contributed by atoms with Crippen LogP contribution < -0.4 is 9.88 Å². The number of methoxy groups -OCH3 is 1. The third-order valence-electron chi connectivity index (χ3n) is 5.48. The number of amides is 1. The van der Waals surface area contributed by atoms with Crippen molar-refractivity contribution in [3.8, 4) is 0 Å². The van der Waals surface area contributed by atoms with E-state index in [1.54, 1.807) is 0 Å². The maximum Gasteiger partial charge on any atom is 0.341 e. The van der Waals surface area contributed by atoms with Gasteiger partial charge < -0.3 is 10.1 Å². The quantitative estimate of drug-likeness (QED) is 0.649. The van der Waals surface area contributed by atoms with Gasteiger partial charge in [-0.2, -0.15) is 4.57 Å². The summed E-state index contributed by atoms with van der Waals surface area (Å²) in [4.78, 5) is 26.2. The largest absolute Gasteiger partial charge is 0.465 e. The second kappa shape index (κ2) is 7.80. The zero-order valence-electron chi connectivity index (χ0n) is 15.7. The monoisotopic (exact) mass is 385 g/mol. The molecule has 0 saturated heterocycles. The van der Waals surface area contributed by atoms with E-state index in [0.717, 1.165) is 44.1 Å². The number of aryl methyl sites for hydroxylation is 3. The number of carbonyl (C=O) groups excluding carboxylic acids is 2. The number of fused-ring (bicyclic) bond motifs is 2. The van der Waals surface area contributed by atoms with Crippen molar-refractivity contribution in [2.45, 2.75) is 57.9 Å². The molecule has 142 valence electrons. The zero-order chi connectivity index (χ0) is 18.8. The van der Waals surface area contributed by atoms with Gasteiger partial charge in [-0.05, 0) is 62.5 Å². The van der Waals surface area contributed by atoms with Crippen LogP contribution >= 0.6 is 11.3 Å². The van der Waals surface area contributed by atoms with Crippen molar-refractivity contribution in [1.82, 2.24) is 0 Å². The van der Waals surface area contributed by atoms with Crippen LogP contribution in [-0.4, -0.2) is 19.0 Å². The molecule has 2 aromatic heterocycles. The fourth-order valence-electron chi connectivity index (χ4n) is 4.12. The Morgan fingerprint density at radius 3 is 2.67 bits per heavy atom. The molecule has 2 aliphatic rings. The summed E-state index contributed by atoms with van der Waals surface area (Å²) in [6.45, 7) is 0.246. The molecular formula is C21H25N2O3S+. The van der Waals surface area contributed by atoms with Gasteiger partial charge in [0.2, 0.25) is 6.54 Å². The van der Waals surface area contributed by atoms with Gasteiger partial charge in [0.1, 0.15) is 5.00 Å². The Morgan fingerprint density at radius 1 is 1.11 bits per heavy atom. The van der Waals surface area contributed by atoms with Gasteiger partial charge in [-0.15, -0.1) is 11.3 Å². The first kappa shape index (κ1) is 18.2. The molecule has 0 unspecified atom stereocenters. The number of thiophene rings is 1. The average molecular weight is 386 g/mol. The average Bonchev–Trinajstić information content (AvgIpc) is 3.04. The Morgan fingerprint density at radius 2 is 1.85 bits per heavy atom. The molecule has 2 aliphatic carbocycles. The van der Waals surface area contributed by atoms with Crippen LogP contribution in [0.1, 0.15) is 57.6 Å². The molecule has 27 heavy (non-hydrogen) atoms. The van der Waals surface area contributed by atoms with Crippen LogP contribution in [0.2, 0.25) is 0 Å². The maximum absolute atomic E-state index is 12.6. The number of carbonyl (C=O) groups is 2. The minimum absolute atomic E-state index is 0.112. The normalized spacial score (nSPS) is 15.6. The van der Waals surface area contributed by atoms with E-state index in [1.165, 1.54) is 47.3 Å². The molecule has 2 heterocycles.